The van der Waals surface area contributed by atoms with E-state index in [1.165, 1.54) is 51.5 Å². The summed E-state index contributed by atoms with van der Waals surface area (Å²) in [5, 5.41) is 10.3. The molecule has 208 valence electrons. The van der Waals surface area contributed by atoms with Crippen LogP contribution in [0.4, 0.5) is 0 Å². The van der Waals surface area contributed by atoms with Crippen molar-refractivity contribution in [1.29, 1.82) is 0 Å². The lowest BCUT2D eigenvalue weighted by Crippen LogP contribution is -2.52. The number of rotatable bonds is 5. The molecule has 2 saturated carbocycles. The summed E-state index contributed by atoms with van der Waals surface area (Å²) < 4.78 is 13.2. The normalized spacial score (nSPS) is 47.8. The molecule has 4 aliphatic carbocycles. The van der Waals surface area contributed by atoms with Crippen LogP contribution in [0.25, 0.3) is 0 Å². The Morgan fingerprint density at radius 2 is 2.00 bits per heavy atom. The second kappa shape index (κ2) is 10.1. The van der Waals surface area contributed by atoms with Gasteiger partial charge in [-0.2, -0.15) is 0 Å². The van der Waals surface area contributed by atoms with E-state index in [9.17, 15) is 5.11 Å². The SMILES string of the molecule is CCCOCCN1C[C@@H](C)C[C@H]2O[C@]3(CC[C@@H]4C(=C(C)C3)C[C@H]3[C@H]4CCC4=C[C@@H](O)CC[C@@]43C)[C@H](C)[C@@H]21. The maximum absolute atomic E-state index is 10.3. The number of piperidine rings is 1. The summed E-state index contributed by atoms with van der Waals surface area (Å²) in [6.07, 6.45) is 14.3. The summed E-state index contributed by atoms with van der Waals surface area (Å²) in [5.41, 5.74) is 5.37. The fourth-order valence-corrected chi connectivity index (χ4v) is 10.3. The Kier molecular flexibility index (Phi) is 7.21. The standard InChI is InChI=1S/C33H53NO3/c1-6-14-36-15-13-34-20-21(2)16-30-31(34)23(4)33(37-30)12-10-26-27-8-7-24-17-25(35)9-11-32(24,5)29(27)18-28(26)22(3)19-33/h17,21,23,25-27,29-31,35H,6-16,18-20H2,1-5H3/t21-,23+,25-,26-,27-,29-,30+,31-,32-,33-/m0/s1. The van der Waals surface area contributed by atoms with E-state index >= 15 is 0 Å². The van der Waals surface area contributed by atoms with Gasteiger partial charge in [0, 0.05) is 31.7 Å². The highest BCUT2D eigenvalue weighted by molar-refractivity contribution is 5.33. The first-order chi connectivity index (χ1) is 17.8. The Morgan fingerprint density at radius 3 is 2.81 bits per heavy atom. The first-order valence-electron chi connectivity index (χ1n) is 15.8. The van der Waals surface area contributed by atoms with Crippen LogP contribution in [0.1, 0.15) is 98.8 Å². The second-order valence-corrected chi connectivity index (χ2v) is 14.3. The Balaban J connectivity index is 1.23. The lowest BCUT2D eigenvalue weighted by Gasteiger charge is -2.49. The number of hydrogen-bond donors (Lipinski definition) is 1. The number of ether oxygens (including phenoxy) is 2. The number of likely N-dealkylation sites (tertiary alicyclic amines) is 1. The van der Waals surface area contributed by atoms with Crippen LogP contribution < -0.4 is 0 Å². The van der Waals surface area contributed by atoms with E-state index < -0.39 is 0 Å². The van der Waals surface area contributed by atoms with Crippen molar-refractivity contribution in [1.82, 2.24) is 4.90 Å². The highest BCUT2D eigenvalue weighted by Crippen LogP contribution is 2.64. The van der Waals surface area contributed by atoms with Crippen LogP contribution in [-0.2, 0) is 9.47 Å². The highest BCUT2D eigenvalue weighted by atomic mass is 16.5. The van der Waals surface area contributed by atoms with Crippen LogP contribution in [0.5, 0.6) is 0 Å². The summed E-state index contributed by atoms with van der Waals surface area (Å²) in [5.74, 6) is 3.61. The van der Waals surface area contributed by atoms with Crippen LogP contribution in [-0.4, -0.2) is 60.2 Å². The Labute approximate surface area is 226 Å². The molecule has 2 aliphatic heterocycles. The van der Waals surface area contributed by atoms with Gasteiger partial charge in [-0.3, -0.25) is 4.90 Å². The monoisotopic (exact) mass is 511 g/mol. The average Bonchev–Trinajstić information content (AvgIpc) is 3.32. The van der Waals surface area contributed by atoms with Gasteiger partial charge >= 0.3 is 0 Å². The van der Waals surface area contributed by atoms with Crippen LogP contribution in [0.15, 0.2) is 22.8 Å². The van der Waals surface area contributed by atoms with Crippen LogP contribution in [0.2, 0.25) is 0 Å². The molecule has 0 aromatic carbocycles. The third-order valence-electron chi connectivity index (χ3n) is 12.1. The molecule has 2 saturated heterocycles. The molecule has 37 heavy (non-hydrogen) atoms. The van der Waals surface area contributed by atoms with Crippen molar-refractivity contribution in [2.75, 3.05) is 26.3 Å². The number of aliphatic hydroxyl groups is 1. The molecule has 10 atom stereocenters. The van der Waals surface area contributed by atoms with Crippen LogP contribution in [0.3, 0.4) is 0 Å². The third-order valence-corrected chi connectivity index (χ3v) is 12.1. The fraction of sp³-hybridized carbons (Fsp3) is 0.879. The zero-order valence-corrected chi connectivity index (χ0v) is 24.3. The highest BCUT2D eigenvalue weighted by Gasteiger charge is 2.59. The second-order valence-electron chi connectivity index (χ2n) is 14.3. The Bertz CT molecular complexity index is 927. The zero-order valence-electron chi connectivity index (χ0n) is 24.3. The van der Waals surface area contributed by atoms with Gasteiger partial charge in [0.15, 0.2) is 0 Å². The van der Waals surface area contributed by atoms with Crippen LogP contribution in [0, 0.1) is 35.0 Å². The Morgan fingerprint density at radius 1 is 1.16 bits per heavy atom. The maximum Gasteiger partial charge on any atom is 0.0765 e. The molecule has 4 nitrogen and oxygen atoms in total. The molecular formula is C33H53NO3. The quantitative estimate of drug-likeness (QED) is 0.337. The van der Waals surface area contributed by atoms with Crippen molar-refractivity contribution in [3.8, 4) is 0 Å². The van der Waals surface area contributed by atoms with Gasteiger partial charge in [0.05, 0.1) is 24.4 Å². The minimum Gasteiger partial charge on any atom is -0.389 e. The largest absolute Gasteiger partial charge is 0.389 e. The summed E-state index contributed by atoms with van der Waals surface area (Å²) in [7, 11) is 0. The van der Waals surface area contributed by atoms with E-state index in [1.54, 1.807) is 11.1 Å². The third kappa shape index (κ3) is 4.41. The summed E-state index contributed by atoms with van der Waals surface area (Å²) in [6.45, 7) is 16.1. The van der Waals surface area contributed by atoms with Gasteiger partial charge in [-0.1, -0.05) is 50.5 Å². The lowest BCUT2D eigenvalue weighted by atomic mass is 9.56. The van der Waals surface area contributed by atoms with Gasteiger partial charge in [0.2, 0.25) is 0 Å². The van der Waals surface area contributed by atoms with Crippen molar-refractivity contribution in [3.05, 3.63) is 22.8 Å². The number of fused-ring (bicyclic) bond motifs is 6. The van der Waals surface area contributed by atoms with Gasteiger partial charge < -0.3 is 14.6 Å². The van der Waals surface area contributed by atoms with E-state index in [0.717, 1.165) is 56.8 Å². The minimum absolute atomic E-state index is 0.0113. The summed E-state index contributed by atoms with van der Waals surface area (Å²) in [6, 6.07) is 0.542. The molecule has 0 aromatic heterocycles. The molecule has 6 aliphatic rings. The molecule has 1 spiro atoms. The number of nitrogens with zero attached hydrogens (tertiary/aromatic N) is 1. The van der Waals surface area contributed by atoms with Gasteiger partial charge in [0.1, 0.15) is 0 Å². The first kappa shape index (κ1) is 26.5. The molecule has 4 heteroatoms. The number of allylic oxidation sites excluding steroid dienone is 2. The predicted molar refractivity (Wildman–Crippen MR) is 149 cm³/mol. The summed E-state index contributed by atoms with van der Waals surface area (Å²) in [4.78, 5) is 2.74. The average molecular weight is 512 g/mol. The minimum atomic E-state index is -0.211. The molecule has 6 rings (SSSR count). The molecule has 1 N–H and O–H groups in total. The van der Waals surface area contributed by atoms with E-state index in [4.69, 9.17) is 9.47 Å². The first-order valence-corrected chi connectivity index (χ1v) is 15.8. The Hall–Kier alpha value is -0.680. The molecule has 0 aromatic rings. The van der Waals surface area contributed by atoms with Crippen molar-refractivity contribution in [2.24, 2.45) is 35.0 Å². The maximum atomic E-state index is 10.3. The molecule has 2 heterocycles. The topological polar surface area (TPSA) is 41.9 Å². The van der Waals surface area contributed by atoms with Gasteiger partial charge in [-0.15, -0.1) is 0 Å². The molecule has 4 fully saturated rings. The molecule has 0 radical (unpaired) electrons. The van der Waals surface area contributed by atoms with Gasteiger partial charge in [0.25, 0.3) is 0 Å². The lowest BCUT2D eigenvalue weighted by molar-refractivity contribution is -0.0804. The van der Waals surface area contributed by atoms with E-state index in [-0.39, 0.29) is 11.7 Å². The van der Waals surface area contributed by atoms with Gasteiger partial charge in [-0.05, 0) is 100 Å². The van der Waals surface area contributed by atoms with Crippen molar-refractivity contribution >= 4 is 0 Å². The van der Waals surface area contributed by atoms with Crippen molar-refractivity contribution in [3.63, 3.8) is 0 Å². The molecule has 0 unspecified atom stereocenters. The fourth-order valence-electron chi connectivity index (χ4n) is 10.3. The van der Waals surface area contributed by atoms with E-state index in [2.05, 4.69) is 45.6 Å². The molecular weight excluding hydrogens is 458 g/mol. The molecule has 0 bridgehead atoms. The molecule has 0 amide bonds. The van der Waals surface area contributed by atoms with Crippen LogP contribution >= 0.6 is 0 Å². The van der Waals surface area contributed by atoms with Crippen molar-refractivity contribution < 1.29 is 14.6 Å². The zero-order chi connectivity index (χ0) is 25.9. The number of hydrogen-bond acceptors (Lipinski definition) is 4. The van der Waals surface area contributed by atoms with Gasteiger partial charge in [-0.25, -0.2) is 0 Å². The van der Waals surface area contributed by atoms with E-state index in [1.807, 2.05) is 5.57 Å². The van der Waals surface area contributed by atoms with E-state index in [0.29, 0.717) is 29.4 Å². The summed E-state index contributed by atoms with van der Waals surface area (Å²) >= 11 is 0. The predicted octanol–water partition coefficient (Wildman–Crippen LogP) is 6.53. The van der Waals surface area contributed by atoms with Crippen molar-refractivity contribution in [2.45, 2.75) is 123 Å². The number of aliphatic hydroxyl groups excluding tert-OH is 1. The smallest absolute Gasteiger partial charge is 0.0765 e.